The van der Waals surface area contributed by atoms with Crippen LogP contribution in [0.15, 0.2) is 29.4 Å². The van der Waals surface area contributed by atoms with Crippen molar-refractivity contribution in [2.45, 2.75) is 66.2 Å². The van der Waals surface area contributed by atoms with Gasteiger partial charge in [0, 0.05) is 31.6 Å². The van der Waals surface area contributed by atoms with Crippen molar-refractivity contribution < 1.29 is 9.90 Å². The van der Waals surface area contributed by atoms with E-state index < -0.39 is 0 Å². The summed E-state index contributed by atoms with van der Waals surface area (Å²) >= 11 is 0. The summed E-state index contributed by atoms with van der Waals surface area (Å²) in [6.45, 7) is 8.75. The summed E-state index contributed by atoms with van der Waals surface area (Å²) in [7, 11) is 0. The van der Waals surface area contributed by atoms with Gasteiger partial charge >= 0.3 is 0 Å². The minimum atomic E-state index is -0.0168. The van der Waals surface area contributed by atoms with Crippen LogP contribution in [0.3, 0.4) is 0 Å². The minimum Gasteiger partial charge on any atom is -0.396 e. The average Bonchev–Trinajstić information content (AvgIpc) is 3.65. The highest BCUT2D eigenvalue weighted by atomic mass is 16.2. The predicted molar refractivity (Wildman–Crippen MR) is 139 cm³/mol. The molecule has 0 saturated heterocycles. The fourth-order valence-electron chi connectivity index (χ4n) is 3.18. The number of carbonyl (C=O) groups is 1. The van der Waals surface area contributed by atoms with Gasteiger partial charge in [0.15, 0.2) is 0 Å². The van der Waals surface area contributed by atoms with Gasteiger partial charge in [-0.15, -0.1) is 0 Å². The van der Waals surface area contributed by atoms with Crippen LogP contribution in [0.25, 0.3) is 0 Å². The number of benzene rings is 1. The molecule has 1 saturated carbocycles. The average molecular weight is 464 g/mol. The zero-order chi connectivity index (χ0) is 24.8. The second-order valence-corrected chi connectivity index (χ2v) is 8.27. The van der Waals surface area contributed by atoms with Crippen LogP contribution in [-0.4, -0.2) is 40.2 Å². The van der Waals surface area contributed by atoms with Crippen LogP contribution in [0.5, 0.6) is 0 Å². The van der Waals surface area contributed by atoms with Gasteiger partial charge in [-0.2, -0.15) is 10.1 Å². The summed E-state index contributed by atoms with van der Waals surface area (Å²) in [4.78, 5) is 19.4. The molecule has 3 N–H and O–H groups in total. The number of nitrogens with zero attached hydrogens (tertiary/aromatic N) is 3. The van der Waals surface area contributed by atoms with Gasteiger partial charge in [-0.25, -0.2) is 10.4 Å². The van der Waals surface area contributed by atoms with E-state index in [1.807, 2.05) is 12.1 Å². The van der Waals surface area contributed by atoms with Crippen LogP contribution in [0.4, 0.5) is 11.8 Å². The minimum absolute atomic E-state index is 0.0168. The fourth-order valence-corrected chi connectivity index (χ4v) is 3.18. The summed E-state index contributed by atoms with van der Waals surface area (Å²) < 4.78 is 0. The molecular weight excluding hydrogens is 426 g/mol. The molecule has 1 fully saturated rings. The molecule has 1 aromatic carbocycles. The second kappa shape index (κ2) is 14.8. The number of rotatable bonds is 10. The van der Waals surface area contributed by atoms with E-state index in [2.05, 4.69) is 70.6 Å². The van der Waals surface area contributed by atoms with Crippen LogP contribution in [0.2, 0.25) is 0 Å². The molecule has 182 valence electrons. The van der Waals surface area contributed by atoms with Crippen LogP contribution >= 0.6 is 0 Å². The van der Waals surface area contributed by atoms with Gasteiger partial charge in [-0.05, 0) is 56.9 Å². The maximum Gasteiger partial charge on any atom is 0.245 e. The van der Waals surface area contributed by atoms with E-state index in [4.69, 9.17) is 5.11 Å². The van der Waals surface area contributed by atoms with Crippen molar-refractivity contribution in [2.24, 2.45) is 11.0 Å². The van der Waals surface area contributed by atoms with Crippen molar-refractivity contribution in [1.82, 2.24) is 9.97 Å². The molecule has 7 nitrogen and oxygen atoms in total. The van der Waals surface area contributed by atoms with Gasteiger partial charge in [0.2, 0.25) is 11.7 Å². The molecule has 0 bridgehead atoms. The van der Waals surface area contributed by atoms with E-state index in [-0.39, 0.29) is 12.4 Å². The standard InChI is InChI=1S/C20H29N5O.C7H8O/c1-4-17-18(5-2)23-20(24-19(17)21-11-6-7-12-26)25-22-14-16-10-8-9-15(3)13-16;1-6(8)2-3-7-4-5-7/h8-10,13-14,26H,4-7,11-12H2,1-3H3,(H2,21,23,24,25);7H,4-5H2,1H3/b22-14+;. The highest BCUT2D eigenvalue weighted by Gasteiger charge is 2.17. The van der Waals surface area contributed by atoms with Crippen molar-refractivity contribution in [1.29, 1.82) is 0 Å². The first-order valence-electron chi connectivity index (χ1n) is 12.1. The van der Waals surface area contributed by atoms with E-state index in [1.54, 1.807) is 6.21 Å². The number of aliphatic hydroxyl groups excluding tert-OH is 1. The molecule has 0 aliphatic heterocycles. The zero-order valence-electron chi connectivity index (χ0n) is 20.8. The van der Waals surface area contributed by atoms with E-state index in [1.165, 1.54) is 25.3 Å². The van der Waals surface area contributed by atoms with E-state index in [9.17, 15) is 4.79 Å². The Hall–Kier alpha value is -3.24. The number of ketones is 1. The van der Waals surface area contributed by atoms with Crippen molar-refractivity contribution in [3.8, 4) is 11.8 Å². The normalized spacial score (nSPS) is 12.4. The molecule has 1 aliphatic rings. The largest absolute Gasteiger partial charge is 0.396 e. The molecule has 1 heterocycles. The molecule has 2 aromatic rings. The van der Waals surface area contributed by atoms with E-state index >= 15 is 0 Å². The van der Waals surface area contributed by atoms with Crippen molar-refractivity contribution in [3.63, 3.8) is 0 Å². The van der Waals surface area contributed by atoms with E-state index in [0.29, 0.717) is 11.9 Å². The first kappa shape index (κ1) is 27.0. The Morgan fingerprint density at radius 2 is 2.03 bits per heavy atom. The third-order valence-electron chi connectivity index (χ3n) is 5.11. The Morgan fingerprint density at radius 1 is 1.24 bits per heavy atom. The number of hydrogen-bond donors (Lipinski definition) is 3. The molecule has 34 heavy (non-hydrogen) atoms. The molecule has 1 aliphatic carbocycles. The highest BCUT2D eigenvalue weighted by Crippen LogP contribution is 2.27. The number of anilines is 2. The Bertz CT molecular complexity index is 1020. The first-order valence-corrected chi connectivity index (χ1v) is 12.1. The van der Waals surface area contributed by atoms with Crippen LogP contribution in [0.1, 0.15) is 68.8 Å². The number of aryl methyl sites for hydroxylation is 2. The lowest BCUT2D eigenvalue weighted by Gasteiger charge is -2.14. The topological polar surface area (TPSA) is 99.5 Å². The Morgan fingerprint density at radius 3 is 2.65 bits per heavy atom. The highest BCUT2D eigenvalue weighted by molar-refractivity contribution is 5.93. The molecule has 3 rings (SSSR count). The van der Waals surface area contributed by atoms with Crippen LogP contribution in [0, 0.1) is 24.7 Å². The number of aliphatic hydroxyl groups is 1. The van der Waals surface area contributed by atoms with Crippen LogP contribution < -0.4 is 10.7 Å². The quantitative estimate of drug-likeness (QED) is 0.157. The lowest BCUT2D eigenvalue weighted by atomic mass is 10.1. The maximum absolute atomic E-state index is 10.2. The number of Topliss-reactive ketones (excluding diaryl/α,β-unsaturated/α-hetero) is 1. The molecular formula is C27H37N5O2. The molecule has 0 atom stereocenters. The van der Waals surface area contributed by atoms with Gasteiger partial charge in [-0.3, -0.25) is 4.79 Å². The van der Waals surface area contributed by atoms with E-state index in [0.717, 1.165) is 54.9 Å². The summed E-state index contributed by atoms with van der Waals surface area (Å²) in [5.74, 6) is 7.26. The maximum atomic E-state index is 10.2. The molecule has 0 unspecified atom stereocenters. The lowest BCUT2D eigenvalue weighted by molar-refractivity contribution is -0.111. The number of aromatic nitrogens is 2. The van der Waals surface area contributed by atoms with Gasteiger partial charge in [0.1, 0.15) is 5.82 Å². The SMILES string of the molecule is CC(=O)C#CC1CC1.CCc1nc(N/N=C/c2cccc(C)c2)nc(NCCCCO)c1CC. The fraction of sp³-hybridized carbons (Fsp3) is 0.481. The summed E-state index contributed by atoms with van der Waals surface area (Å²) in [6, 6.07) is 8.13. The third kappa shape index (κ3) is 10.1. The van der Waals surface area contributed by atoms with Crippen molar-refractivity contribution in [2.75, 3.05) is 23.9 Å². The predicted octanol–water partition coefficient (Wildman–Crippen LogP) is 4.53. The second-order valence-electron chi connectivity index (χ2n) is 8.27. The number of hydrogen-bond acceptors (Lipinski definition) is 7. The Balaban J connectivity index is 0.000000430. The lowest BCUT2D eigenvalue weighted by Crippen LogP contribution is -2.12. The van der Waals surface area contributed by atoms with Gasteiger partial charge in [-0.1, -0.05) is 49.6 Å². The third-order valence-corrected chi connectivity index (χ3v) is 5.11. The first-order chi connectivity index (χ1) is 16.5. The van der Waals surface area contributed by atoms with Gasteiger partial charge < -0.3 is 10.4 Å². The van der Waals surface area contributed by atoms with Crippen molar-refractivity contribution in [3.05, 3.63) is 46.6 Å². The Labute approximate surface area is 203 Å². The van der Waals surface area contributed by atoms with Crippen LogP contribution in [-0.2, 0) is 17.6 Å². The zero-order valence-corrected chi connectivity index (χ0v) is 20.8. The van der Waals surface area contributed by atoms with Gasteiger partial charge in [0.25, 0.3) is 0 Å². The molecule has 0 amide bonds. The van der Waals surface area contributed by atoms with Crippen molar-refractivity contribution >= 4 is 23.8 Å². The number of carbonyl (C=O) groups excluding carboxylic acids is 1. The monoisotopic (exact) mass is 463 g/mol. The summed E-state index contributed by atoms with van der Waals surface area (Å²) in [6.07, 6.45) is 7.56. The summed E-state index contributed by atoms with van der Waals surface area (Å²) in [5, 5.41) is 16.6. The molecule has 0 spiro atoms. The molecule has 1 aromatic heterocycles. The number of unbranched alkanes of at least 4 members (excludes halogenated alkanes) is 1. The summed E-state index contributed by atoms with van der Waals surface area (Å²) in [5.41, 5.74) is 7.34. The Kier molecular flexibility index (Phi) is 11.8. The van der Waals surface area contributed by atoms with Gasteiger partial charge in [0.05, 0.1) is 11.9 Å². The smallest absolute Gasteiger partial charge is 0.245 e. The number of hydrazone groups is 1. The molecule has 0 radical (unpaired) electrons. The molecule has 7 heteroatoms. The number of nitrogens with one attached hydrogen (secondary N) is 2.